The molecule has 0 fully saturated rings. The fraction of sp³-hybridized carbons (Fsp3) is 0. The van der Waals surface area contributed by atoms with Gasteiger partial charge in [0.15, 0.2) is 0 Å². The molecule has 2 aromatic carbocycles. The Hall–Kier alpha value is -2.47. The van der Waals surface area contributed by atoms with Crippen molar-refractivity contribution in [2.75, 3.05) is 0 Å². The van der Waals surface area contributed by atoms with Gasteiger partial charge in [0.2, 0.25) is 5.82 Å². The highest BCUT2D eigenvalue weighted by molar-refractivity contribution is 9.10. The van der Waals surface area contributed by atoms with Gasteiger partial charge >= 0.3 is 5.97 Å². The molecule has 1 N–H and O–H groups in total. The summed E-state index contributed by atoms with van der Waals surface area (Å²) in [5.74, 6) is -0.130. The lowest BCUT2D eigenvalue weighted by Crippen LogP contribution is -1.95. The molecule has 0 atom stereocenters. The molecule has 0 aliphatic rings. The quantitative estimate of drug-likeness (QED) is 0.780. The van der Waals surface area contributed by atoms with Crippen LogP contribution in [-0.2, 0) is 0 Å². The standard InChI is InChI=1S/C15H9BrN2O3/c16-12-7-5-10(6-8-12)14-17-13(18-21-14)9-1-3-11(4-2-9)15(19)20/h1-8H,(H,19,20). The van der Waals surface area contributed by atoms with Crippen LogP contribution in [0.5, 0.6) is 0 Å². The molecule has 0 saturated carbocycles. The minimum absolute atomic E-state index is 0.218. The zero-order valence-corrected chi connectivity index (χ0v) is 12.2. The third kappa shape index (κ3) is 2.85. The number of carbonyl (C=O) groups is 1. The van der Waals surface area contributed by atoms with E-state index in [4.69, 9.17) is 9.63 Å². The van der Waals surface area contributed by atoms with E-state index in [1.165, 1.54) is 12.1 Å². The maximum Gasteiger partial charge on any atom is 0.335 e. The predicted molar refractivity (Wildman–Crippen MR) is 79.8 cm³/mol. The Morgan fingerprint density at radius 1 is 1.00 bits per heavy atom. The average Bonchev–Trinajstić information content (AvgIpc) is 2.98. The third-order valence-electron chi connectivity index (χ3n) is 2.91. The van der Waals surface area contributed by atoms with Gasteiger partial charge in [0, 0.05) is 15.6 Å². The Morgan fingerprint density at radius 3 is 2.24 bits per heavy atom. The van der Waals surface area contributed by atoms with Crippen LogP contribution in [0.2, 0.25) is 0 Å². The van der Waals surface area contributed by atoms with Gasteiger partial charge < -0.3 is 9.63 Å². The highest BCUT2D eigenvalue weighted by atomic mass is 79.9. The van der Waals surface area contributed by atoms with Crippen molar-refractivity contribution in [2.24, 2.45) is 0 Å². The average molecular weight is 345 g/mol. The van der Waals surface area contributed by atoms with Crippen molar-refractivity contribution in [3.63, 3.8) is 0 Å². The van der Waals surface area contributed by atoms with Crippen molar-refractivity contribution in [3.05, 3.63) is 58.6 Å². The first-order chi connectivity index (χ1) is 10.1. The van der Waals surface area contributed by atoms with Crippen molar-refractivity contribution in [2.45, 2.75) is 0 Å². The van der Waals surface area contributed by atoms with Gasteiger partial charge in [0.05, 0.1) is 5.56 Å². The van der Waals surface area contributed by atoms with Crippen LogP contribution in [0.4, 0.5) is 0 Å². The minimum Gasteiger partial charge on any atom is -0.478 e. The van der Waals surface area contributed by atoms with E-state index in [2.05, 4.69) is 26.1 Å². The molecule has 1 heterocycles. The number of hydrogen-bond donors (Lipinski definition) is 1. The Balaban J connectivity index is 1.90. The molecule has 5 nitrogen and oxygen atoms in total. The molecule has 6 heteroatoms. The number of halogens is 1. The van der Waals surface area contributed by atoms with Crippen LogP contribution < -0.4 is 0 Å². The summed E-state index contributed by atoms with van der Waals surface area (Å²) in [6, 6.07) is 13.8. The second kappa shape index (κ2) is 5.49. The van der Waals surface area contributed by atoms with E-state index in [-0.39, 0.29) is 5.56 Å². The van der Waals surface area contributed by atoms with Gasteiger partial charge in [-0.05, 0) is 36.4 Å². The monoisotopic (exact) mass is 344 g/mol. The molecule has 0 saturated heterocycles. The van der Waals surface area contributed by atoms with Crippen molar-refractivity contribution in [1.82, 2.24) is 10.1 Å². The first-order valence-corrected chi connectivity index (χ1v) is 6.86. The first-order valence-electron chi connectivity index (χ1n) is 6.07. The van der Waals surface area contributed by atoms with E-state index in [0.717, 1.165) is 10.0 Å². The van der Waals surface area contributed by atoms with Crippen molar-refractivity contribution in [3.8, 4) is 22.8 Å². The number of benzene rings is 2. The van der Waals surface area contributed by atoms with Crippen molar-refractivity contribution >= 4 is 21.9 Å². The molecule has 104 valence electrons. The summed E-state index contributed by atoms with van der Waals surface area (Å²) in [6.45, 7) is 0. The Morgan fingerprint density at radius 2 is 1.62 bits per heavy atom. The van der Waals surface area contributed by atoms with Crippen molar-refractivity contribution < 1.29 is 14.4 Å². The lowest BCUT2D eigenvalue weighted by atomic mass is 10.1. The zero-order chi connectivity index (χ0) is 14.8. The summed E-state index contributed by atoms with van der Waals surface area (Å²) >= 11 is 3.36. The highest BCUT2D eigenvalue weighted by Gasteiger charge is 2.11. The van der Waals surface area contributed by atoms with Crippen LogP contribution in [-0.4, -0.2) is 21.2 Å². The molecule has 0 aliphatic heterocycles. The summed E-state index contributed by atoms with van der Waals surface area (Å²) in [4.78, 5) is 15.1. The van der Waals surface area contributed by atoms with E-state index < -0.39 is 5.97 Å². The summed E-state index contributed by atoms with van der Waals surface area (Å²) in [7, 11) is 0. The van der Waals surface area contributed by atoms with E-state index in [0.29, 0.717) is 17.3 Å². The lowest BCUT2D eigenvalue weighted by Gasteiger charge is -1.96. The number of aromatic carboxylic acids is 1. The fourth-order valence-corrected chi connectivity index (χ4v) is 2.08. The van der Waals surface area contributed by atoms with E-state index in [1.807, 2.05) is 24.3 Å². The molecular formula is C15H9BrN2O3. The SMILES string of the molecule is O=C(O)c1ccc(-c2noc(-c3ccc(Br)cc3)n2)cc1. The molecule has 1 aromatic heterocycles. The molecule has 0 bridgehead atoms. The van der Waals surface area contributed by atoms with E-state index >= 15 is 0 Å². The van der Waals surface area contributed by atoms with Gasteiger partial charge in [-0.25, -0.2) is 4.79 Å². The van der Waals surface area contributed by atoms with Gasteiger partial charge in [0.1, 0.15) is 0 Å². The van der Waals surface area contributed by atoms with Crippen LogP contribution >= 0.6 is 15.9 Å². The number of carboxylic acids is 1. The first kappa shape index (κ1) is 13.5. The summed E-state index contributed by atoms with van der Waals surface area (Å²) < 4.78 is 6.20. The number of nitrogens with zero attached hydrogens (tertiary/aromatic N) is 2. The maximum absolute atomic E-state index is 10.8. The Kier molecular flexibility index (Phi) is 3.53. The zero-order valence-electron chi connectivity index (χ0n) is 10.7. The van der Waals surface area contributed by atoms with Crippen molar-refractivity contribution in [1.29, 1.82) is 0 Å². The van der Waals surface area contributed by atoms with Gasteiger partial charge in [0.25, 0.3) is 5.89 Å². The van der Waals surface area contributed by atoms with Gasteiger partial charge in [-0.15, -0.1) is 0 Å². The summed E-state index contributed by atoms with van der Waals surface area (Å²) in [5, 5.41) is 12.8. The second-order valence-corrected chi connectivity index (χ2v) is 5.23. The highest BCUT2D eigenvalue weighted by Crippen LogP contribution is 2.23. The largest absolute Gasteiger partial charge is 0.478 e. The summed E-state index contributed by atoms with van der Waals surface area (Å²) in [6.07, 6.45) is 0. The van der Waals surface area contributed by atoms with Gasteiger partial charge in [-0.1, -0.05) is 33.2 Å². The maximum atomic E-state index is 10.8. The smallest absolute Gasteiger partial charge is 0.335 e. The van der Waals surface area contributed by atoms with Crippen LogP contribution in [0.25, 0.3) is 22.8 Å². The van der Waals surface area contributed by atoms with E-state index in [1.54, 1.807) is 12.1 Å². The predicted octanol–water partition coefficient (Wildman–Crippen LogP) is 3.86. The lowest BCUT2D eigenvalue weighted by molar-refractivity contribution is 0.0697. The normalized spacial score (nSPS) is 10.5. The Labute approximate surface area is 128 Å². The molecule has 0 amide bonds. The molecule has 0 aliphatic carbocycles. The van der Waals surface area contributed by atoms with Crippen LogP contribution in [0.1, 0.15) is 10.4 Å². The summed E-state index contributed by atoms with van der Waals surface area (Å²) in [5.41, 5.74) is 1.74. The third-order valence-corrected chi connectivity index (χ3v) is 3.44. The van der Waals surface area contributed by atoms with Crippen LogP contribution in [0.3, 0.4) is 0 Å². The second-order valence-electron chi connectivity index (χ2n) is 4.31. The fourth-order valence-electron chi connectivity index (χ4n) is 1.81. The number of aromatic nitrogens is 2. The number of carboxylic acid groups (broad SMARTS) is 1. The molecule has 3 aromatic rings. The number of hydrogen-bond acceptors (Lipinski definition) is 4. The molecule has 0 spiro atoms. The van der Waals surface area contributed by atoms with Crippen LogP contribution in [0, 0.1) is 0 Å². The minimum atomic E-state index is -0.967. The van der Waals surface area contributed by atoms with Gasteiger partial charge in [-0.2, -0.15) is 4.98 Å². The van der Waals surface area contributed by atoms with E-state index in [9.17, 15) is 4.79 Å². The molecule has 0 unspecified atom stereocenters. The molecular weight excluding hydrogens is 336 g/mol. The van der Waals surface area contributed by atoms with Gasteiger partial charge in [-0.3, -0.25) is 0 Å². The van der Waals surface area contributed by atoms with Crippen LogP contribution in [0.15, 0.2) is 57.5 Å². The molecule has 0 radical (unpaired) electrons. The Bertz CT molecular complexity index is 779. The molecule has 21 heavy (non-hydrogen) atoms. The topological polar surface area (TPSA) is 76.2 Å². The number of rotatable bonds is 3. The molecule has 3 rings (SSSR count).